The number of piperazine rings is 1. The van der Waals surface area contributed by atoms with Gasteiger partial charge >= 0.3 is 0 Å². The van der Waals surface area contributed by atoms with Crippen LogP contribution in [-0.2, 0) is 14.8 Å². The average molecular weight is 293 g/mol. The van der Waals surface area contributed by atoms with Gasteiger partial charge in [0.05, 0.1) is 6.26 Å². The smallest absolute Gasteiger partial charge is 0.211 e. The van der Waals surface area contributed by atoms with Gasteiger partial charge in [-0.25, -0.2) is 14.3 Å². The molecule has 0 radical (unpaired) electrons. The molecule has 1 fully saturated rings. The van der Waals surface area contributed by atoms with Gasteiger partial charge in [-0.2, -0.15) is 4.31 Å². The van der Waals surface area contributed by atoms with Crippen molar-refractivity contribution < 1.29 is 13.2 Å². The first-order valence-electron chi connectivity index (χ1n) is 6.19. The van der Waals surface area contributed by atoms with Crippen molar-refractivity contribution >= 4 is 16.0 Å². The molecule has 112 valence electrons. The number of rotatable bonds is 5. The average Bonchev–Trinajstić information content (AvgIpc) is 2.38. The van der Waals surface area contributed by atoms with Gasteiger partial charge in [0, 0.05) is 46.4 Å². The number of sulfonamides is 1. The van der Waals surface area contributed by atoms with Crippen molar-refractivity contribution in [3.63, 3.8) is 0 Å². The Balaban J connectivity index is 2.47. The first-order valence-corrected chi connectivity index (χ1v) is 8.04. The van der Waals surface area contributed by atoms with Crippen LogP contribution in [-0.4, -0.2) is 76.3 Å². The molecule has 0 amide bonds. The van der Waals surface area contributed by atoms with E-state index >= 15 is 0 Å². The van der Waals surface area contributed by atoms with Crippen LogP contribution in [0.25, 0.3) is 0 Å². The first-order chi connectivity index (χ1) is 8.99. The molecule has 0 aromatic carbocycles. The maximum Gasteiger partial charge on any atom is 0.211 e. The number of aliphatic imine (C=N–C) groups is 1. The molecule has 0 saturated carbocycles. The van der Waals surface area contributed by atoms with Gasteiger partial charge in [0.2, 0.25) is 16.0 Å². The molecule has 3 N–H and O–H groups in total. The number of guanidine groups is 1. The minimum absolute atomic E-state index is 0.456. The third kappa shape index (κ3) is 5.31. The minimum Gasteiger partial charge on any atom is -0.385 e. The van der Waals surface area contributed by atoms with E-state index in [1.165, 1.54) is 10.6 Å². The zero-order chi connectivity index (χ0) is 14.3. The Morgan fingerprint density at radius 2 is 2.00 bits per heavy atom. The number of nitrogens with one attached hydrogen (secondary N) is 1. The highest BCUT2D eigenvalue weighted by Crippen LogP contribution is 2.06. The summed E-state index contributed by atoms with van der Waals surface area (Å²) in [5, 5.41) is 0. The van der Waals surface area contributed by atoms with Crippen molar-refractivity contribution in [2.45, 2.75) is 6.42 Å². The summed E-state index contributed by atoms with van der Waals surface area (Å²) in [6.07, 6.45) is 2.05. The normalized spacial score (nSPS) is 18.7. The van der Waals surface area contributed by atoms with Crippen LogP contribution in [0.15, 0.2) is 4.99 Å². The third-order valence-electron chi connectivity index (χ3n) is 2.90. The molecule has 0 spiro atoms. The lowest BCUT2D eigenvalue weighted by atomic mass is 10.4. The Hall–Kier alpha value is -0.900. The molecule has 0 bridgehead atoms. The van der Waals surface area contributed by atoms with Gasteiger partial charge in [-0.1, -0.05) is 0 Å². The summed E-state index contributed by atoms with van der Waals surface area (Å²) >= 11 is 0. The molecule has 1 saturated heterocycles. The quantitative estimate of drug-likeness (QED) is 0.209. The standard InChI is InChI=1S/C10H23N5O3S/c1-18-9-3-4-12-10(13-11)14-5-7-15(8-6-14)19(2,16)17/h3-9,11H2,1-2H3,(H,12,13). The number of hydrazine groups is 1. The Bertz CT molecular complexity index is 390. The topological polar surface area (TPSA) is 100 Å². The van der Waals surface area contributed by atoms with Gasteiger partial charge in [-0.15, -0.1) is 0 Å². The fraction of sp³-hybridized carbons (Fsp3) is 0.900. The molecule has 0 aliphatic carbocycles. The molecule has 0 unspecified atom stereocenters. The Labute approximate surface area is 114 Å². The summed E-state index contributed by atoms with van der Waals surface area (Å²) in [4.78, 5) is 6.30. The molecule has 0 aromatic rings. The van der Waals surface area contributed by atoms with Crippen molar-refractivity contribution in [2.75, 3.05) is 52.7 Å². The van der Waals surface area contributed by atoms with E-state index in [1.807, 2.05) is 4.90 Å². The van der Waals surface area contributed by atoms with E-state index in [9.17, 15) is 8.42 Å². The lowest BCUT2D eigenvalue weighted by Gasteiger charge is -2.34. The summed E-state index contributed by atoms with van der Waals surface area (Å²) in [7, 11) is -1.46. The molecule has 1 rings (SSSR count). The van der Waals surface area contributed by atoms with E-state index in [4.69, 9.17) is 10.6 Å². The Morgan fingerprint density at radius 1 is 1.37 bits per heavy atom. The summed E-state index contributed by atoms with van der Waals surface area (Å²) in [6, 6.07) is 0. The summed E-state index contributed by atoms with van der Waals surface area (Å²) in [5.74, 6) is 6.05. The van der Waals surface area contributed by atoms with E-state index in [2.05, 4.69) is 10.4 Å². The van der Waals surface area contributed by atoms with Crippen molar-refractivity contribution in [1.82, 2.24) is 14.6 Å². The maximum atomic E-state index is 11.4. The van der Waals surface area contributed by atoms with E-state index < -0.39 is 10.0 Å². The number of hydrogen-bond acceptors (Lipinski definition) is 5. The molecule has 1 aliphatic heterocycles. The zero-order valence-electron chi connectivity index (χ0n) is 11.5. The van der Waals surface area contributed by atoms with Gasteiger partial charge < -0.3 is 9.64 Å². The van der Waals surface area contributed by atoms with Crippen LogP contribution in [0.5, 0.6) is 0 Å². The van der Waals surface area contributed by atoms with Crippen molar-refractivity contribution in [2.24, 2.45) is 10.8 Å². The summed E-state index contributed by atoms with van der Waals surface area (Å²) in [6.45, 7) is 3.36. The van der Waals surface area contributed by atoms with E-state index in [0.29, 0.717) is 45.3 Å². The molecule has 1 heterocycles. The largest absolute Gasteiger partial charge is 0.385 e. The van der Waals surface area contributed by atoms with Crippen LogP contribution in [0.1, 0.15) is 6.42 Å². The first kappa shape index (κ1) is 16.2. The van der Waals surface area contributed by atoms with Crippen LogP contribution >= 0.6 is 0 Å². The van der Waals surface area contributed by atoms with Crippen LogP contribution < -0.4 is 11.3 Å². The minimum atomic E-state index is -3.11. The number of nitrogens with two attached hydrogens (primary N) is 1. The number of nitrogens with zero attached hydrogens (tertiary/aromatic N) is 3. The maximum absolute atomic E-state index is 11.4. The van der Waals surface area contributed by atoms with Crippen LogP contribution in [0.4, 0.5) is 0 Å². The van der Waals surface area contributed by atoms with Crippen molar-refractivity contribution in [1.29, 1.82) is 0 Å². The van der Waals surface area contributed by atoms with Crippen LogP contribution in [0.3, 0.4) is 0 Å². The number of hydrogen-bond donors (Lipinski definition) is 2. The summed E-state index contributed by atoms with van der Waals surface area (Å²) in [5.41, 5.74) is 2.57. The highest BCUT2D eigenvalue weighted by atomic mass is 32.2. The molecule has 0 aromatic heterocycles. The molecule has 19 heavy (non-hydrogen) atoms. The molecule has 0 atom stereocenters. The second-order valence-electron chi connectivity index (χ2n) is 4.35. The van der Waals surface area contributed by atoms with Crippen LogP contribution in [0, 0.1) is 0 Å². The number of methoxy groups -OCH3 is 1. The second-order valence-corrected chi connectivity index (χ2v) is 6.33. The molecule has 8 nitrogen and oxygen atoms in total. The van der Waals surface area contributed by atoms with Gasteiger partial charge in [0.15, 0.2) is 0 Å². The SMILES string of the molecule is COCCCN=C(NN)N1CCN(S(C)(=O)=O)CC1. The molecular weight excluding hydrogens is 270 g/mol. The summed E-state index contributed by atoms with van der Waals surface area (Å²) < 4.78 is 29.2. The van der Waals surface area contributed by atoms with Gasteiger partial charge in [0.1, 0.15) is 0 Å². The number of ether oxygens (including phenoxy) is 1. The van der Waals surface area contributed by atoms with E-state index in [1.54, 1.807) is 7.11 Å². The zero-order valence-corrected chi connectivity index (χ0v) is 12.3. The molecule has 1 aliphatic rings. The lowest BCUT2D eigenvalue weighted by molar-refractivity contribution is 0.196. The predicted molar refractivity (Wildman–Crippen MR) is 74.1 cm³/mol. The van der Waals surface area contributed by atoms with E-state index in [0.717, 1.165) is 6.42 Å². The van der Waals surface area contributed by atoms with Crippen molar-refractivity contribution in [3.05, 3.63) is 0 Å². The Morgan fingerprint density at radius 3 is 2.47 bits per heavy atom. The second kappa shape index (κ2) is 7.63. The predicted octanol–water partition coefficient (Wildman–Crippen LogP) is -1.58. The van der Waals surface area contributed by atoms with Crippen molar-refractivity contribution in [3.8, 4) is 0 Å². The highest BCUT2D eigenvalue weighted by Gasteiger charge is 2.24. The lowest BCUT2D eigenvalue weighted by Crippen LogP contribution is -2.54. The van der Waals surface area contributed by atoms with Gasteiger partial charge in [-0.3, -0.25) is 10.4 Å². The van der Waals surface area contributed by atoms with Crippen LogP contribution in [0.2, 0.25) is 0 Å². The van der Waals surface area contributed by atoms with Gasteiger partial charge in [-0.05, 0) is 6.42 Å². The Kier molecular flexibility index (Phi) is 6.49. The van der Waals surface area contributed by atoms with E-state index in [-0.39, 0.29) is 0 Å². The third-order valence-corrected chi connectivity index (χ3v) is 4.21. The monoisotopic (exact) mass is 293 g/mol. The highest BCUT2D eigenvalue weighted by molar-refractivity contribution is 7.88. The van der Waals surface area contributed by atoms with Gasteiger partial charge in [0.25, 0.3) is 0 Å². The fourth-order valence-electron chi connectivity index (χ4n) is 1.86. The molecule has 9 heteroatoms. The molecular formula is C10H23N5O3S. The fourth-order valence-corrected chi connectivity index (χ4v) is 2.69.